The van der Waals surface area contributed by atoms with E-state index in [2.05, 4.69) is 51.5 Å². The molecule has 0 aliphatic carbocycles. The summed E-state index contributed by atoms with van der Waals surface area (Å²) in [4.78, 5) is 9.09. The third-order valence-corrected chi connectivity index (χ3v) is 11.4. The van der Waals surface area contributed by atoms with E-state index in [1.807, 2.05) is 101 Å². The van der Waals surface area contributed by atoms with Gasteiger partial charge in [-0.15, -0.1) is 18.2 Å². The average molecular weight is 794 g/mol. The summed E-state index contributed by atoms with van der Waals surface area (Å²) in [6.45, 7) is 7.66. The van der Waals surface area contributed by atoms with Crippen molar-refractivity contribution < 1.29 is 27.3 Å². The molecule has 6 aromatic rings. The fraction of sp³-hybridized carbons (Fsp3) is 0.243. The van der Waals surface area contributed by atoms with E-state index in [0.29, 0.717) is 0 Å². The van der Waals surface area contributed by atoms with Crippen LogP contribution in [0.3, 0.4) is 0 Å². The van der Waals surface area contributed by atoms with E-state index in [0.717, 1.165) is 55.6 Å². The number of hydrogen-bond donors (Lipinski definition) is 0. The van der Waals surface area contributed by atoms with E-state index in [-0.39, 0.29) is 20.1 Å². The van der Waals surface area contributed by atoms with Crippen LogP contribution in [-0.4, -0.2) is 23.2 Å². The number of hydrogen-bond acceptors (Lipinski definition) is 3. The van der Waals surface area contributed by atoms with Crippen LogP contribution < -0.4 is 4.40 Å². The molecular weight excluding hydrogens is 753 g/mol. The third kappa shape index (κ3) is 6.94. The molecule has 0 fully saturated rings. The molecule has 3 nitrogen and oxygen atoms in total. The number of rotatable bonds is 5. The Balaban J connectivity index is 0.000000199. The first kappa shape index (κ1) is 29.0. The Morgan fingerprint density at radius 2 is 1.55 bits per heavy atom. The maximum atomic E-state index is 8.44. The smallest absolute Gasteiger partial charge is 0.120 e. The number of nitrogens with zero attached hydrogens (tertiary/aromatic N) is 2. The van der Waals surface area contributed by atoms with Gasteiger partial charge >= 0.3 is 120 Å². The molecule has 6 rings (SSSR count). The van der Waals surface area contributed by atoms with Crippen LogP contribution >= 0.6 is 0 Å². The van der Waals surface area contributed by atoms with Gasteiger partial charge in [0.15, 0.2) is 0 Å². The van der Waals surface area contributed by atoms with E-state index in [4.69, 9.17) is 7.16 Å². The van der Waals surface area contributed by atoms with Gasteiger partial charge in [-0.05, 0) is 23.7 Å². The molecular formula is C37H38GeIrN2O-2. The van der Waals surface area contributed by atoms with E-state index in [9.17, 15) is 0 Å². The summed E-state index contributed by atoms with van der Waals surface area (Å²) in [6, 6.07) is 32.2. The molecule has 0 saturated carbocycles. The number of pyridine rings is 2. The largest absolute Gasteiger partial charge is 0.501 e. The Hall–Kier alpha value is -3.05. The van der Waals surface area contributed by atoms with E-state index < -0.39 is 25.1 Å². The van der Waals surface area contributed by atoms with Crippen LogP contribution in [0, 0.1) is 12.1 Å². The first-order valence-corrected chi connectivity index (χ1v) is 21.3. The Morgan fingerprint density at radius 1 is 0.786 bits per heavy atom. The molecule has 0 aliphatic rings. The summed E-state index contributed by atoms with van der Waals surface area (Å²) in [5.74, 6) is 5.78. The third-order valence-electron chi connectivity index (χ3n) is 7.17. The number of furan rings is 1. The predicted molar refractivity (Wildman–Crippen MR) is 175 cm³/mol. The van der Waals surface area contributed by atoms with Gasteiger partial charge in [0.25, 0.3) is 0 Å². The molecule has 217 valence electrons. The number of aromatic nitrogens is 2. The maximum absolute atomic E-state index is 8.44. The Labute approximate surface area is 269 Å². The van der Waals surface area contributed by atoms with Crippen molar-refractivity contribution in [1.29, 1.82) is 0 Å². The fourth-order valence-corrected chi connectivity index (χ4v) is 8.24. The minimum absolute atomic E-state index is 0. The Bertz CT molecular complexity index is 1880. The van der Waals surface area contributed by atoms with Gasteiger partial charge in [-0.3, -0.25) is 0 Å². The molecule has 0 spiro atoms. The van der Waals surface area contributed by atoms with Crippen LogP contribution in [0.25, 0.3) is 44.5 Å². The van der Waals surface area contributed by atoms with Gasteiger partial charge in [-0.1, -0.05) is 54.6 Å². The standard InChI is InChI=1S/C20H16NO.C17H22GeN.Ir/c1-13(2)14-10-11-21-18(12-14)17-8-5-7-16-15-6-3-4-9-19(15)22-20(16)17;1-13(2)15-11-17(14-9-7-6-8-10-14)19-12-16(15)18(3,4)5;/h3-7,9-13H,1-2H3;6-9,11-13H,1-5H3;/q2*-1;/i2*13D;. The quantitative estimate of drug-likeness (QED) is 0.129. The predicted octanol–water partition coefficient (Wildman–Crippen LogP) is 9.79. The first-order valence-electron chi connectivity index (χ1n) is 15.0. The van der Waals surface area contributed by atoms with Gasteiger partial charge in [0.1, 0.15) is 5.58 Å². The van der Waals surface area contributed by atoms with Crippen molar-refractivity contribution >= 4 is 39.6 Å². The molecule has 0 saturated heterocycles. The van der Waals surface area contributed by atoms with Crippen molar-refractivity contribution in [2.45, 2.75) is 56.8 Å². The van der Waals surface area contributed by atoms with Crippen LogP contribution in [0.15, 0.2) is 95.7 Å². The maximum Gasteiger partial charge on any atom is 0.120 e. The van der Waals surface area contributed by atoms with Crippen LogP contribution in [0.2, 0.25) is 17.3 Å². The van der Waals surface area contributed by atoms with Crippen molar-refractivity contribution in [2.24, 2.45) is 0 Å². The van der Waals surface area contributed by atoms with Crippen molar-refractivity contribution in [2.75, 3.05) is 0 Å². The molecule has 5 heteroatoms. The molecule has 0 N–H and O–H groups in total. The van der Waals surface area contributed by atoms with Crippen molar-refractivity contribution in [1.82, 2.24) is 9.97 Å². The molecule has 3 aromatic heterocycles. The van der Waals surface area contributed by atoms with Crippen LogP contribution in [0.5, 0.6) is 0 Å². The topological polar surface area (TPSA) is 38.9 Å². The number of fused-ring (bicyclic) bond motifs is 3. The molecule has 3 aromatic carbocycles. The normalized spacial score (nSPS) is 12.6. The second-order valence-corrected chi connectivity index (χ2v) is 22.3. The second-order valence-electron chi connectivity index (χ2n) is 11.8. The number of para-hydroxylation sites is 1. The first-order chi connectivity index (χ1) is 20.2. The summed E-state index contributed by atoms with van der Waals surface area (Å²) in [5.41, 5.74) is 7.22. The summed E-state index contributed by atoms with van der Waals surface area (Å²) in [7, 11) is 0. The average Bonchev–Trinajstić information content (AvgIpc) is 3.35. The van der Waals surface area contributed by atoms with Crippen molar-refractivity contribution in [3.63, 3.8) is 0 Å². The molecule has 1 radical (unpaired) electrons. The van der Waals surface area contributed by atoms with Gasteiger partial charge in [0.05, 0.1) is 5.58 Å². The van der Waals surface area contributed by atoms with Gasteiger partial charge in [0, 0.05) is 33.1 Å². The van der Waals surface area contributed by atoms with E-state index >= 15 is 0 Å². The monoisotopic (exact) mass is 795 g/mol. The Kier molecular flexibility index (Phi) is 9.34. The zero-order valence-electron chi connectivity index (χ0n) is 27.3. The van der Waals surface area contributed by atoms with Crippen molar-refractivity contribution in [3.8, 4) is 22.5 Å². The molecule has 0 atom stereocenters. The molecule has 42 heavy (non-hydrogen) atoms. The number of benzene rings is 3. The Morgan fingerprint density at radius 3 is 2.24 bits per heavy atom. The van der Waals surface area contributed by atoms with Gasteiger partial charge < -0.3 is 9.40 Å². The van der Waals surface area contributed by atoms with Crippen LogP contribution in [0.4, 0.5) is 0 Å². The van der Waals surface area contributed by atoms with Gasteiger partial charge in [-0.2, -0.15) is 0 Å². The molecule has 0 aliphatic heterocycles. The minimum Gasteiger partial charge on any atom is -0.501 e. The minimum atomic E-state index is -2.03. The zero-order chi connectivity index (χ0) is 31.0. The molecule has 0 amide bonds. The van der Waals surface area contributed by atoms with E-state index in [1.165, 1.54) is 4.40 Å². The fourth-order valence-electron chi connectivity index (χ4n) is 4.93. The second kappa shape index (κ2) is 13.5. The van der Waals surface area contributed by atoms with Crippen LogP contribution in [-0.2, 0) is 20.1 Å². The SMILES string of the molecule is [2H]C(C)(C)c1cc(-c2[c-]cccc2)nc[c]1[Ge]([CH3])([CH3])[CH3].[2H]C(C)(C)c1ccnc(-c2[c-]ccc3c2oc2ccccc23)c1.[Ir]. The summed E-state index contributed by atoms with van der Waals surface area (Å²) >= 11 is -2.03. The van der Waals surface area contributed by atoms with Crippen molar-refractivity contribution in [3.05, 3.63) is 115 Å². The summed E-state index contributed by atoms with van der Waals surface area (Å²) < 4.78 is 24.0. The van der Waals surface area contributed by atoms with Gasteiger partial charge in [-0.25, -0.2) is 0 Å². The molecule has 0 bridgehead atoms. The zero-order valence-corrected chi connectivity index (χ0v) is 29.8. The summed E-state index contributed by atoms with van der Waals surface area (Å²) in [5, 5.41) is 2.15. The summed E-state index contributed by atoms with van der Waals surface area (Å²) in [6.07, 6.45) is 3.75. The molecule has 3 heterocycles. The van der Waals surface area contributed by atoms with Crippen LogP contribution in [0.1, 0.15) is 53.4 Å². The van der Waals surface area contributed by atoms with Gasteiger partial charge in [0.2, 0.25) is 0 Å². The van der Waals surface area contributed by atoms with E-state index in [1.54, 1.807) is 6.20 Å². The molecule has 0 unspecified atom stereocenters.